The number of rotatable bonds is 6. The van der Waals surface area contributed by atoms with E-state index in [1.165, 1.54) is 0 Å². The number of benzene rings is 2. The van der Waals surface area contributed by atoms with Crippen LogP contribution in [0.2, 0.25) is 5.02 Å². The van der Waals surface area contributed by atoms with Crippen molar-refractivity contribution in [1.82, 2.24) is 15.2 Å². The number of para-hydroxylation sites is 1. The van der Waals surface area contributed by atoms with E-state index in [0.29, 0.717) is 10.9 Å². The molecule has 0 aliphatic carbocycles. The quantitative estimate of drug-likeness (QED) is 0.522. The first-order valence-corrected chi connectivity index (χ1v) is 12.4. The number of thiazole rings is 1. The Morgan fingerprint density at radius 2 is 1.88 bits per heavy atom. The van der Waals surface area contributed by atoms with Crippen LogP contribution in [0, 0.1) is 13.8 Å². The van der Waals surface area contributed by atoms with Crippen molar-refractivity contribution in [2.75, 3.05) is 25.0 Å². The van der Waals surface area contributed by atoms with Crippen molar-refractivity contribution in [2.45, 2.75) is 45.6 Å². The largest absolute Gasteiger partial charge is 0.346 e. The fourth-order valence-corrected chi connectivity index (χ4v) is 5.59. The topological polar surface area (TPSA) is 74.3 Å². The van der Waals surface area contributed by atoms with E-state index in [0.717, 1.165) is 58.0 Å². The number of piperidine rings is 1. The molecule has 1 unspecified atom stereocenters. The van der Waals surface area contributed by atoms with Crippen molar-refractivity contribution in [3.05, 3.63) is 57.6 Å². The van der Waals surface area contributed by atoms with Crippen LogP contribution in [0.15, 0.2) is 36.4 Å². The van der Waals surface area contributed by atoms with Gasteiger partial charge in [-0.05, 0) is 76.0 Å². The molecule has 1 atom stereocenters. The molecule has 2 heterocycles. The van der Waals surface area contributed by atoms with Crippen LogP contribution in [0.1, 0.15) is 41.8 Å². The molecule has 2 N–H and O–H groups in total. The van der Waals surface area contributed by atoms with Crippen LogP contribution in [0.4, 0.5) is 5.69 Å². The lowest BCUT2D eigenvalue weighted by atomic mass is 9.96. The Labute approximate surface area is 203 Å². The summed E-state index contributed by atoms with van der Waals surface area (Å²) >= 11 is 7.82. The van der Waals surface area contributed by atoms with E-state index in [2.05, 4.69) is 15.5 Å². The summed E-state index contributed by atoms with van der Waals surface area (Å²) in [6.07, 6.45) is 1.91. The highest BCUT2D eigenvalue weighted by atomic mass is 35.5. The normalized spacial score (nSPS) is 16.0. The number of likely N-dealkylation sites (tertiary alicyclic amines) is 1. The highest BCUT2D eigenvalue weighted by Gasteiger charge is 2.29. The van der Waals surface area contributed by atoms with E-state index >= 15 is 0 Å². The maximum atomic E-state index is 12.7. The highest BCUT2D eigenvalue weighted by Crippen LogP contribution is 2.35. The van der Waals surface area contributed by atoms with Gasteiger partial charge < -0.3 is 10.6 Å². The molecule has 4 rings (SSSR count). The van der Waals surface area contributed by atoms with E-state index in [4.69, 9.17) is 16.6 Å². The highest BCUT2D eigenvalue weighted by molar-refractivity contribution is 7.18. The van der Waals surface area contributed by atoms with Gasteiger partial charge >= 0.3 is 0 Å². The number of amides is 2. The van der Waals surface area contributed by atoms with Crippen LogP contribution in [0.3, 0.4) is 0 Å². The van der Waals surface area contributed by atoms with Crippen molar-refractivity contribution >= 4 is 50.7 Å². The predicted molar refractivity (Wildman–Crippen MR) is 135 cm³/mol. The van der Waals surface area contributed by atoms with Crippen LogP contribution in [0.5, 0.6) is 0 Å². The number of fused-ring (bicyclic) bond motifs is 1. The SMILES string of the molecule is Cc1cccc(C)c1NC(=O)CNC(=O)C(C)N1CCC(c2nc3cc(Cl)ccc3s2)CC1. The molecule has 1 saturated heterocycles. The van der Waals surface area contributed by atoms with Crippen LogP contribution < -0.4 is 10.6 Å². The molecule has 2 aromatic carbocycles. The fourth-order valence-electron chi connectivity index (χ4n) is 4.30. The average molecular weight is 485 g/mol. The molecule has 0 bridgehead atoms. The minimum absolute atomic E-state index is 0.0400. The van der Waals surface area contributed by atoms with Crippen molar-refractivity contribution in [1.29, 1.82) is 0 Å². The van der Waals surface area contributed by atoms with Gasteiger partial charge in [-0.3, -0.25) is 14.5 Å². The first-order chi connectivity index (χ1) is 15.8. The standard InChI is InChI=1S/C25H29ClN4O2S/c1-15-5-4-6-16(2)23(15)29-22(31)14-27-24(32)17(3)30-11-9-18(10-12-30)25-28-20-13-19(26)7-8-21(20)33-25/h4-8,13,17-18H,9-12,14H2,1-3H3,(H,27,32)(H,29,31). The van der Waals surface area contributed by atoms with Crippen molar-refractivity contribution < 1.29 is 9.59 Å². The summed E-state index contributed by atoms with van der Waals surface area (Å²) in [4.78, 5) is 32.0. The van der Waals surface area contributed by atoms with E-state index in [1.54, 1.807) is 11.3 Å². The zero-order valence-electron chi connectivity index (χ0n) is 19.2. The molecule has 0 radical (unpaired) electrons. The number of nitrogens with one attached hydrogen (secondary N) is 2. The van der Waals surface area contributed by atoms with Crippen LogP contribution in [0.25, 0.3) is 10.2 Å². The molecule has 8 heteroatoms. The van der Waals surface area contributed by atoms with Crippen molar-refractivity contribution in [3.63, 3.8) is 0 Å². The molecule has 1 aliphatic rings. The summed E-state index contributed by atoms with van der Waals surface area (Å²) < 4.78 is 1.16. The van der Waals surface area contributed by atoms with Gasteiger partial charge in [-0.2, -0.15) is 0 Å². The molecule has 174 valence electrons. The number of aryl methyl sites for hydroxylation is 2. The second-order valence-corrected chi connectivity index (χ2v) is 10.2. The maximum absolute atomic E-state index is 12.7. The van der Waals surface area contributed by atoms with E-state index < -0.39 is 0 Å². The molecule has 1 fully saturated rings. The van der Waals surface area contributed by atoms with Gasteiger partial charge in [-0.25, -0.2) is 4.98 Å². The van der Waals surface area contributed by atoms with Crippen LogP contribution >= 0.6 is 22.9 Å². The number of carbonyl (C=O) groups is 2. The number of carbonyl (C=O) groups excluding carboxylic acids is 2. The Morgan fingerprint density at radius 1 is 1.18 bits per heavy atom. The monoisotopic (exact) mass is 484 g/mol. The fraction of sp³-hybridized carbons (Fsp3) is 0.400. The first-order valence-electron chi connectivity index (χ1n) is 11.3. The molecule has 1 aromatic heterocycles. The molecule has 0 saturated carbocycles. The second kappa shape index (κ2) is 10.2. The van der Waals surface area contributed by atoms with Gasteiger partial charge in [0.15, 0.2) is 0 Å². The van der Waals surface area contributed by atoms with Crippen molar-refractivity contribution in [3.8, 4) is 0 Å². The van der Waals surface area contributed by atoms with E-state index in [1.807, 2.05) is 57.2 Å². The summed E-state index contributed by atoms with van der Waals surface area (Å²) in [7, 11) is 0. The van der Waals surface area contributed by atoms with Gasteiger partial charge in [0.2, 0.25) is 11.8 Å². The molecule has 3 aromatic rings. The number of hydrogen-bond donors (Lipinski definition) is 2. The predicted octanol–water partition coefficient (Wildman–Crippen LogP) is 4.89. The molecular formula is C25H29ClN4O2S. The van der Waals surface area contributed by atoms with Gasteiger partial charge in [0.1, 0.15) is 0 Å². The Kier molecular flexibility index (Phi) is 7.32. The number of aromatic nitrogens is 1. The number of halogens is 1. The molecule has 0 spiro atoms. The van der Waals surface area contributed by atoms with E-state index in [9.17, 15) is 9.59 Å². The minimum atomic E-state index is -0.284. The first kappa shape index (κ1) is 23.7. The Hall–Kier alpha value is -2.48. The second-order valence-electron chi connectivity index (χ2n) is 8.68. The third-order valence-electron chi connectivity index (χ3n) is 6.34. The Balaban J connectivity index is 1.26. The third-order valence-corrected chi connectivity index (χ3v) is 7.77. The average Bonchev–Trinajstić information content (AvgIpc) is 3.23. The van der Waals surface area contributed by atoms with Gasteiger partial charge in [-0.1, -0.05) is 29.8 Å². The van der Waals surface area contributed by atoms with Crippen LogP contribution in [-0.2, 0) is 9.59 Å². The summed E-state index contributed by atoms with van der Waals surface area (Å²) in [5, 5.41) is 7.55. The van der Waals surface area contributed by atoms with Crippen molar-refractivity contribution in [2.24, 2.45) is 0 Å². The summed E-state index contributed by atoms with van der Waals surface area (Å²) in [5.74, 6) is 0.0538. The molecule has 2 amide bonds. The van der Waals surface area contributed by atoms with Gasteiger partial charge in [-0.15, -0.1) is 11.3 Å². The molecular weight excluding hydrogens is 456 g/mol. The Bertz CT molecular complexity index is 1150. The number of anilines is 1. The number of hydrogen-bond acceptors (Lipinski definition) is 5. The zero-order chi connectivity index (χ0) is 23.5. The smallest absolute Gasteiger partial charge is 0.243 e. The van der Waals surface area contributed by atoms with Crippen LogP contribution in [-0.4, -0.2) is 47.4 Å². The van der Waals surface area contributed by atoms with Gasteiger partial charge in [0.05, 0.1) is 27.8 Å². The van der Waals surface area contributed by atoms with Gasteiger partial charge in [0, 0.05) is 16.6 Å². The molecule has 33 heavy (non-hydrogen) atoms. The molecule has 1 aliphatic heterocycles. The lowest BCUT2D eigenvalue weighted by Gasteiger charge is -2.34. The maximum Gasteiger partial charge on any atom is 0.243 e. The van der Waals surface area contributed by atoms with E-state index in [-0.39, 0.29) is 24.4 Å². The number of nitrogens with zero attached hydrogens (tertiary/aromatic N) is 2. The lowest BCUT2D eigenvalue weighted by Crippen LogP contribution is -2.49. The summed E-state index contributed by atoms with van der Waals surface area (Å²) in [6.45, 7) is 7.42. The summed E-state index contributed by atoms with van der Waals surface area (Å²) in [5.41, 5.74) is 3.77. The summed E-state index contributed by atoms with van der Waals surface area (Å²) in [6, 6.07) is 11.4. The third kappa shape index (κ3) is 5.54. The zero-order valence-corrected chi connectivity index (χ0v) is 20.7. The minimum Gasteiger partial charge on any atom is -0.346 e. The Morgan fingerprint density at radius 3 is 2.58 bits per heavy atom. The molecule has 6 nitrogen and oxygen atoms in total. The lowest BCUT2D eigenvalue weighted by molar-refractivity contribution is -0.128. The van der Waals surface area contributed by atoms with Gasteiger partial charge in [0.25, 0.3) is 0 Å².